The smallest absolute Gasteiger partial charge is 0.161 e. The topological polar surface area (TPSA) is 60.6 Å². The monoisotopic (exact) mass is 353 g/mol. The van der Waals surface area contributed by atoms with Gasteiger partial charge in [0.1, 0.15) is 0 Å². The third kappa shape index (κ3) is 2.95. The predicted octanol–water partition coefficient (Wildman–Crippen LogP) is 2.82. The van der Waals surface area contributed by atoms with E-state index in [9.17, 15) is 0 Å². The Morgan fingerprint density at radius 3 is 2.62 bits per heavy atom. The van der Waals surface area contributed by atoms with Gasteiger partial charge in [-0.25, -0.2) is 0 Å². The van der Waals surface area contributed by atoms with Gasteiger partial charge in [-0.2, -0.15) is 0 Å². The molecule has 1 fully saturated rings. The molecule has 0 saturated carbocycles. The van der Waals surface area contributed by atoms with Crippen molar-refractivity contribution >= 4 is 0 Å². The van der Waals surface area contributed by atoms with Gasteiger partial charge in [0, 0.05) is 43.0 Å². The average molecular weight is 353 g/mol. The normalized spacial score (nSPS) is 25.3. The molecule has 2 aromatic rings. The molecule has 1 aromatic carbocycles. The number of hydrogen-bond donors (Lipinski definition) is 1. The lowest BCUT2D eigenvalue weighted by molar-refractivity contribution is 0.108. The van der Waals surface area contributed by atoms with Crippen LogP contribution >= 0.6 is 0 Å². The number of fused-ring (bicyclic) bond motifs is 3. The second-order valence-electron chi connectivity index (χ2n) is 7.43. The third-order valence-corrected chi connectivity index (χ3v) is 5.87. The number of pyridine rings is 1. The molecular formula is C21H27N3O2. The van der Waals surface area contributed by atoms with Crippen LogP contribution in [0.15, 0.2) is 30.5 Å². The molecule has 5 nitrogen and oxygen atoms in total. The Morgan fingerprint density at radius 1 is 1.15 bits per heavy atom. The van der Waals surface area contributed by atoms with Gasteiger partial charge in [-0.1, -0.05) is 6.07 Å². The maximum atomic E-state index is 6.62. The summed E-state index contributed by atoms with van der Waals surface area (Å²) in [5.41, 5.74) is 11.6. The van der Waals surface area contributed by atoms with E-state index in [1.807, 2.05) is 6.20 Å². The second kappa shape index (κ2) is 6.89. The molecule has 138 valence electrons. The summed E-state index contributed by atoms with van der Waals surface area (Å²) in [5.74, 6) is 1.89. The van der Waals surface area contributed by atoms with E-state index in [4.69, 9.17) is 15.2 Å². The summed E-state index contributed by atoms with van der Waals surface area (Å²) in [6, 6.07) is 8.98. The third-order valence-electron chi connectivity index (χ3n) is 5.87. The van der Waals surface area contributed by atoms with Crippen molar-refractivity contribution in [3.63, 3.8) is 0 Å². The van der Waals surface area contributed by atoms with Gasteiger partial charge in [0.15, 0.2) is 11.5 Å². The van der Waals surface area contributed by atoms with Crippen LogP contribution in [-0.2, 0) is 6.42 Å². The van der Waals surface area contributed by atoms with Crippen molar-refractivity contribution in [2.45, 2.75) is 37.8 Å². The van der Waals surface area contributed by atoms with E-state index < -0.39 is 0 Å². The lowest BCUT2D eigenvalue weighted by Gasteiger charge is -2.46. The molecule has 0 bridgehead atoms. The lowest BCUT2D eigenvalue weighted by atomic mass is 9.79. The zero-order chi connectivity index (χ0) is 18.3. The van der Waals surface area contributed by atoms with Crippen LogP contribution in [0.3, 0.4) is 0 Å². The molecule has 1 saturated heterocycles. The highest BCUT2D eigenvalue weighted by Gasteiger charge is 2.39. The van der Waals surface area contributed by atoms with E-state index in [-0.39, 0.29) is 12.0 Å². The second-order valence-corrected chi connectivity index (χ2v) is 7.43. The Bertz CT molecular complexity index is 791. The summed E-state index contributed by atoms with van der Waals surface area (Å²) in [5, 5.41) is 0. The van der Waals surface area contributed by atoms with Crippen molar-refractivity contribution < 1.29 is 9.47 Å². The van der Waals surface area contributed by atoms with Gasteiger partial charge in [-0.3, -0.25) is 9.88 Å². The summed E-state index contributed by atoms with van der Waals surface area (Å²) in [7, 11) is 3.38. The molecule has 5 heteroatoms. The molecule has 0 aliphatic carbocycles. The minimum absolute atomic E-state index is 0.102. The molecule has 2 aliphatic heterocycles. The van der Waals surface area contributed by atoms with Gasteiger partial charge in [-0.05, 0) is 54.7 Å². The van der Waals surface area contributed by atoms with Crippen LogP contribution < -0.4 is 15.2 Å². The molecule has 0 unspecified atom stereocenters. The summed E-state index contributed by atoms with van der Waals surface area (Å²) in [6.07, 6.45) is 3.90. The van der Waals surface area contributed by atoms with Gasteiger partial charge in [0.2, 0.25) is 0 Å². The number of aromatic nitrogens is 1. The molecule has 3 heterocycles. The molecule has 3 atom stereocenters. The van der Waals surface area contributed by atoms with E-state index in [1.54, 1.807) is 14.2 Å². The first-order valence-corrected chi connectivity index (χ1v) is 9.27. The molecule has 2 N–H and O–H groups in total. The van der Waals surface area contributed by atoms with Crippen molar-refractivity contribution in [2.24, 2.45) is 5.73 Å². The first-order chi connectivity index (χ1) is 12.6. The van der Waals surface area contributed by atoms with Crippen molar-refractivity contribution in [1.29, 1.82) is 0 Å². The number of nitrogens with zero attached hydrogens (tertiary/aromatic N) is 2. The van der Waals surface area contributed by atoms with Crippen molar-refractivity contribution in [1.82, 2.24) is 9.88 Å². The van der Waals surface area contributed by atoms with Crippen molar-refractivity contribution in [2.75, 3.05) is 27.3 Å². The Morgan fingerprint density at radius 2 is 1.92 bits per heavy atom. The van der Waals surface area contributed by atoms with E-state index in [1.165, 1.54) is 16.7 Å². The molecule has 4 rings (SSSR count). The Balaban J connectivity index is 1.63. The number of ether oxygens (including phenoxy) is 2. The summed E-state index contributed by atoms with van der Waals surface area (Å²) < 4.78 is 11.0. The lowest BCUT2D eigenvalue weighted by Crippen LogP contribution is -2.50. The first-order valence-electron chi connectivity index (χ1n) is 9.27. The minimum Gasteiger partial charge on any atom is -0.493 e. The minimum atomic E-state index is 0.102. The zero-order valence-electron chi connectivity index (χ0n) is 15.7. The number of aryl methyl sites for hydroxylation is 1. The Labute approximate surface area is 155 Å². The summed E-state index contributed by atoms with van der Waals surface area (Å²) >= 11 is 0. The highest BCUT2D eigenvalue weighted by molar-refractivity contribution is 5.49. The molecule has 0 radical (unpaired) electrons. The SMILES string of the molecule is COc1cc2c(cc1OC)[C@@H]1C[C@H](N)[C@@H](c3ccc(C)cn3)CN1CC2. The van der Waals surface area contributed by atoms with Gasteiger partial charge in [0.05, 0.1) is 14.2 Å². The van der Waals surface area contributed by atoms with Gasteiger partial charge < -0.3 is 15.2 Å². The zero-order valence-corrected chi connectivity index (χ0v) is 15.7. The van der Waals surface area contributed by atoms with Crippen LogP contribution in [0.5, 0.6) is 11.5 Å². The van der Waals surface area contributed by atoms with Gasteiger partial charge in [-0.15, -0.1) is 0 Å². The standard InChI is InChI=1S/C21H27N3O2/c1-13-4-5-18(23-11-13)16-12-24-7-6-14-8-20(25-2)21(26-3)9-15(14)19(24)10-17(16)22/h4-5,8-9,11,16-17,19H,6-7,10,12,22H2,1-3H3/t16-,17-,19-/m0/s1. The molecule has 26 heavy (non-hydrogen) atoms. The van der Waals surface area contributed by atoms with Crippen LogP contribution in [-0.4, -0.2) is 43.2 Å². The fraction of sp³-hybridized carbons (Fsp3) is 0.476. The van der Waals surface area contributed by atoms with Crippen LogP contribution in [0.1, 0.15) is 40.8 Å². The van der Waals surface area contributed by atoms with Crippen LogP contribution in [0.4, 0.5) is 0 Å². The highest BCUT2D eigenvalue weighted by Crippen LogP contribution is 2.43. The van der Waals surface area contributed by atoms with Gasteiger partial charge >= 0.3 is 0 Å². The van der Waals surface area contributed by atoms with Crippen molar-refractivity contribution in [3.05, 3.63) is 52.8 Å². The summed E-state index contributed by atoms with van der Waals surface area (Å²) in [6.45, 7) is 4.06. The number of methoxy groups -OCH3 is 2. The molecule has 1 aromatic heterocycles. The van der Waals surface area contributed by atoms with Crippen LogP contribution in [0.25, 0.3) is 0 Å². The maximum Gasteiger partial charge on any atom is 0.161 e. The molecule has 0 spiro atoms. The van der Waals surface area contributed by atoms with E-state index >= 15 is 0 Å². The summed E-state index contributed by atoms with van der Waals surface area (Å²) in [4.78, 5) is 7.20. The number of hydrogen-bond acceptors (Lipinski definition) is 5. The van der Waals surface area contributed by atoms with E-state index in [0.29, 0.717) is 6.04 Å². The Hall–Kier alpha value is -2.11. The molecule has 2 aliphatic rings. The Kier molecular flexibility index (Phi) is 4.59. The quantitative estimate of drug-likeness (QED) is 0.919. The molecular weight excluding hydrogens is 326 g/mol. The molecule has 0 amide bonds. The average Bonchev–Trinajstić information content (AvgIpc) is 2.67. The highest BCUT2D eigenvalue weighted by atomic mass is 16.5. The fourth-order valence-electron chi connectivity index (χ4n) is 4.40. The fourth-order valence-corrected chi connectivity index (χ4v) is 4.40. The largest absolute Gasteiger partial charge is 0.493 e. The van der Waals surface area contributed by atoms with E-state index in [0.717, 1.165) is 43.1 Å². The number of rotatable bonds is 3. The maximum absolute atomic E-state index is 6.62. The van der Waals surface area contributed by atoms with Crippen molar-refractivity contribution in [3.8, 4) is 11.5 Å². The number of piperidine rings is 1. The predicted molar refractivity (Wildman–Crippen MR) is 102 cm³/mol. The number of nitrogens with two attached hydrogens (primary N) is 1. The van der Waals surface area contributed by atoms with Crippen LogP contribution in [0, 0.1) is 6.92 Å². The first kappa shape index (κ1) is 17.3. The number of benzene rings is 1. The van der Waals surface area contributed by atoms with Gasteiger partial charge in [0.25, 0.3) is 0 Å². The van der Waals surface area contributed by atoms with Crippen LogP contribution in [0.2, 0.25) is 0 Å². The van der Waals surface area contributed by atoms with E-state index in [2.05, 4.69) is 41.1 Å².